The van der Waals surface area contributed by atoms with Crippen molar-refractivity contribution in [2.75, 3.05) is 6.61 Å². The number of imidazole rings is 1. The van der Waals surface area contributed by atoms with E-state index in [1.54, 1.807) is 0 Å². The summed E-state index contributed by atoms with van der Waals surface area (Å²) >= 11 is 0. The van der Waals surface area contributed by atoms with Crippen LogP contribution in [0.3, 0.4) is 0 Å². The Kier molecular flexibility index (Phi) is 4.15. The highest BCUT2D eigenvalue weighted by molar-refractivity contribution is 5.76. The second-order valence-corrected chi connectivity index (χ2v) is 6.90. The van der Waals surface area contributed by atoms with Gasteiger partial charge in [-0.05, 0) is 37.3 Å². The van der Waals surface area contributed by atoms with Crippen molar-refractivity contribution >= 4 is 11.0 Å². The smallest absolute Gasteiger partial charge is 0.139 e. The van der Waals surface area contributed by atoms with Gasteiger partial charge in [0.25, 0.3) is 0 Å². The van der Waals surface area contributed by atoms with Crippen LogP contribution in [0.4, 0.5) is 0 Å². The SMILES string of the molecule is c1ccc2c(c1)nc(C1CCCO1)n2CCC1CCCCC1. The molecule has 3 heteroatoms. The summed E-state index contributed by atoms with van der Waals surface area (Å²) in [6, 6.07) is 8.55. The highest BCUT2D eigenvalue weighted by atomic mass is 16.5. The zero-order valence-corrected chi connectivity index (χ0v) is 13.3. The van der Waals surface area contributed by atoms with Crippen LogP contribution in [0.25, 0.3) is 11.0 Å². The van der Waals surface area contributed by atoms with E-state index >= 15 is 0 Å². The Morgan fingerprint density at radius 1 is 1.05 bits per heavy atom. The number of nitrogens with zero attached hydrogens (tertiary/aromatic N) is 2. The van der Waals surface area contributed by atoms with E-state index < -0.39 is 0 Å². The van der Waals surface area contributed by atoms with E-state index in [0.717, 1.165) is 43.3 Å². The molecule has 1 aliphatic heterocycles. The molecule has 1 aromatic carbocycles. The maximum Gasteiger partial charge on any atom is 0.139 e. The first-order valence-corrected chi connectivity index (χ1v) is 8.98. The summed E-state index contributed by atoms with van der Waals surface area (Å²) in [5, 5.41) is 0. The van der Waals surface area contributed by atoms with Crippen molar-refractivity contribution in [3.05, 3.63) is 30.1 Å². The van der Waals surface area contributed by atoms with Gasteiger partial charge < -0.3 is 9.30 Å². The number of rotatable bonds is 4. The van der Waals surface area contributed by atoms with Crippen LogP contribution in [0.15, 0.2) is 24.3 Å². The molecule has 3 nitrogen and oxygen atoms in total. The van der Waals surface area contributed by atoms with Crippen molar-refractivity contribution < 1.29 is 4.74 Å². The van der Waals surface area contributed by atoms with E-state index in [1.165, 1.54) is 44.0 Å². The minimum absolute atomic E-state index is 0.207. The molecule has 0 bridgehead atoms. The molecular formula is C19H26N2O. The van der Waals surface area contributed by atoms with Gasteiger partial charge in [-0.1, -0.05) is 44.2 Å². The van der Waals surface area contributed by atoms with Gasteiger partial charge in [0.05, 0.1) is 11.0 Å². The molecule has 2 aliphatic rings. The lowest BCUT2D eigenvalue weighted by molar-refractivity contribution is 0.102. The number of para-hydroxylation sites is 2. The molecule has 1 aromatic heterocycles. The summed E-state index contributed by atoms with van der Waals surface area (Å²) in [4.78, 5) is 4.90. The Labute approximate surface area is 132 Å². The first-order chi connectivity index (χ1) is 10.9. The molecular weight excluding hydrogens is 272 g/mol. The number of aryl methyl sites for hydroxylation is 1. The molecule has 0 radical (unpaired) electrons. The number of hydrogen-bond acceptors (Lipinski definition) is 2. The summed E-state index contributed by atoms with van der Waals surface area (Å²) in [7, 11) is 0. The summed E-state index contributed by atoms with van der Waals surface area (Å²) in [5.41, 5.74) is 2.40. The average Bonchev–Trinajstić information content (AvgIpc) is 3.21. The number of ether oxygens (including phenoxy) is 1. The minimum Gasteiger partial charge on any atom is -0.370 e. The van der Waals surface area contributed by atoms with E-state index in [2.05, 4.69) is 28.8 Å². The van der Waals surface area contributed by atoms with E-state index in [0.29, 0.717) is 0 Å². The lowest BCUT2D eigenvalue weighted by Gasteiger charge is -2.22. The van der Waals surface area contributed by atoms with Crippen LogP contribution in [-0.2, 0) is 11.3 Å². The largest absolute Gasteiger partial charge is 0.370 e. The fourth-order valence-corrected chi connectivity index (χ4v) is 4.14. The maximum atomic E-state index is 5.92. The Morgan fingerprint density at radius 3 is 2.73 bits per heavy atom. The number of fused-ring (bicyclic) bond motifs is 1. The average molecular weight is 298 g/mol. The second-order valence-electron chi connectivity index (χ2n) is 6.90. The fourth-order valence-electron chi connectivity index (χ4n) is 4.14. The first-order valence-electron chi connectivity index (χ1n) is 8.98. The number of hydrogen-bond donors (Lipinski definition) is 0. The van der Waals surface area contributed by atoms with E-state index in [9.17, 15) is 0 Å². The third kappa shape index (κ3) is 2.79. The van der Waals surface area contributed by atoms with Crippen LogP contribution in [0, 0.1) is 5.92 Å². The minimum atomic E-state index is 0.207. The van der Waals surface area contributed by atoms with Crippen molar-refractivity contribution in [3.63, 3.8) is 0 Å². The lowest BCUT2D eigenvalue weighted by Crippen LogP contribution is -2.13. The highest BCUT2D eigenvalue weighted by Crippen LogP contribution is 2.32. The number of aromatic nitrogens is 2. The van der Waals surface area contributed by atoms with E-state index in [1.807, 2.05) is 0 Å². The van der Waals surface area contributed by atoms with Gasteiger partial charge in [0.15, 0.2) is 0 Å². The third-order valence-electron chi connectivity index (χ3n) is 5.39. The predicted octanol–water partition coefficient (Wildman–Crippen LogP) is 4.86. The van der Waals surface area contributed by atoms with Crippen molar-refractivity contribution in [1.82, 2.24) is 9.55 Å². The quantitative estimate of drug-likeness (QED) is 0.806. The maximum absolute atomic E-state index is 5.92. The Hall–Kier alpha value is -1.35. The summed E-state index contributed by atoms with van der Waals surface area (Å²) in [6.45, 7) is 1.98. The van der Waals surface area contributed by atoms with Crippen molar-refractivity contribution in [2.24, 2.45) is 5.92 Å². The molecule has 0 spiro atoms. The lowest BCUT2D eigenvalue weighted by atomic mass is 9.87. The molecule has 1 aliphatic carbocycles. The monoisotopic (exact) mass is 298 g/mol. The standard InChI is InChI=1S/C19H26N2O/c1-2-7-15(8-3-1)12-13-21-17-10-5-4-9-16(17)20-19(21)18-11-6-14-22-18/h4-5,9-10,15,18H,1-3,6-8,11-14H2. The van der Waals surface area contributed by atoms with Crippen LogP contribution >= 0.6 is 0 Å². The molecule has 1 saturated heterocycles. The van der Waals surface area contributed by atoms with Gasteiger partial charge in [-0.3, -0.25) is 0 Å². The van der Waals surface area contributed by atoms with E-state index in [4.69, 9.17) is 9.72 Å². The van der Waals surface area contributed by atoms with Crippen LogP contribution in [0.2, 0.25) is 0 Å². The Morgan fingerprint density at radius 2 is 1.91 bits per heavy atom. The van der Waals surface area contributed by atoms with Crippen molar-refractivity contribution in [2.45, 2.75) is 64.0 Å². The predicted molar refractivity (Wildman–Crippen MR) is 88.9 cm³/mol. The molecule has 118 valence electrons. The summed E-state index contributed by atoms with van der Waals surface area (Å²) in [6.07, 6.45) is 10.9. The fraction of sp³-hybridized carbons (Fsp3) is 0.632. The molecule has 1 saturated carbocycles. The van der Waals surface area contributed by atoms with Gasteiger partial charge in [-0.2, -0.15) is 0 Å². The highest BCUT2D eigenvalue weighted by Gasteiger charge is 2.25. The van der Waals surface area contributed by atoms with Gasteiger partial charge in [-0.15, -0.1) is 0 Å². The molecule has 4 rings (SSSR count). The normalized spacial score (nSPS) is 23.4. The zero-order chi connectivity index (χ0) is 14.8. The van der Waals surface area contributed by atoms with Crippen molar-refractivity contribution in [1.29, 1.82) is 0 Å². The summed E-state index contributed by atoms with van der Waals surface area (Å²) < 4.78 is 8.36. The van der Waals surface area contributed by atoms with Crippen LogP contribution < -0.4 is 0 Å². The Balaban J connectivity index is 1.60. The van der Waals surface area contributed by atoms with Crippen LogP contribution in [0.5, 0.6) is 0 Å². The topological polar surface area (TPSA) is 27.1 Å². The first kappa shape index (κ1) is 14.3. The molecule has 1 unspecified atom stereocenters. The van der Waals surface area contributed by atoms with Crippen molar-refractivity contribution in [3.8, 4) is 0 Å². The van der Waals surface area contributed by atoms with E-state index in [-0.39, 0.29) is 6.10 Å². The van der Waals surface area contributed by atoms with Gasteiger partial charge in [0.1, 0.15) is 11.9 Å². The van der Waals surface area contributed by atoms with Gasteiger partial charge in [0.2, 0.25) is 0 Å². The van der Waals surface area contributed by atoms with Gasteiger partial charge in [-0.25, -0.2) is 4.98 Å². The number of benzene rings is 1. The van der Waals surface area contributed by atoms with Gasteiger partial charge >= 0.3 is 0 Å². The van der Waals surface area contributed by atoms with Crippen LogP contribution in [0.1, 0.15) is 63.3 Å². The second kappa shape index (κ2) is 6.41. The molecule has 22 heavy (non-hydrogen) atoms. The van der Waals surface area contributed by atoms with Crippen LogP contribution in [-0.4, -0.2) is 16.2 Å². The zero-order valence-electron chi connectivity index (χ0n) is 13.3. The molecule has 0 N–H and O–H groups in total. The Bertz CT molecular complexity index is 621. The molecule has 1 atom stereocenters. The molecule has 2 fully saturated rings. The van der Waals surface area contributed by atoms with Gasteiger partial charge in [0, 0.05) is 13.2 Å². The molecule has 2 heterocycles. The third-order valence-corrected chi connectivity index (χ3v) is 5.39. The molecule has 0 amide bonds. The summed E-state index contributed by atoms with van der Waals surface area (Å²) in [5.74, 6) is 2.07. The molecule has 2 aromatic rings.